The molecule has 2 aromatic carbocycles. The van der Waals surface area contributed by atoms with Crippen LogP contribution in [-0.2, 0) is 6.61 Å². The number of thiazole rings is 1. The number of rotatable bonds is 4. The highest BCUT2D eigenvalue weighted by Crippen LogP contribution is 2.27. The van der Waals surface area contributed by atoms with Gasteiger partial charge in [-0.15, -0.1) is 11.3 Å². The number of benzene rings is 2. The number of aryl methyl sites for hydroxylation is 1. The third-order valence-corrected chi connectivity index (χ3v) is 4.89. The molecule has 5 heteroatoms. The Hall–Kier alpha value is -2.30. The molecule has 0 atom stereocenters. The summed E-state index contributed by atoms with van der Waals surface area (Å²) < 4.78 is 7.97. The van der Waals surface area contributed by atoms with Crippen LogP contribution in [0.4, 0.5) is 0 Å². The fourth-order valence-electron chi connectivity index (χ4n) is 2.58. The van der Waals surface area contributed by atoms with Crippen LogP contribution in [0.15, 0.2) is 60.2 Å². The second-order valence-corrected chi connectivity index (χ2v) is 6.92. The van der Waals surface area contributed by atoms with Gasteiger partial charge in [0, 0.05) is 28.4 Å². The molecule has 0 aliphatic heterocycles. The highest BCUT2D eigenvalue weighted by Gasteiger charge is 2.08. The molecular weight excluding hydrogens is 340 g/mol. The van der Waals surface area contributed by atoms with Gasteiger partial charge in [-0.05, 0) is 48.4 Å². The van der Waals surface area contributed by atoms with E-state index >= 15 is 0 Å². The molecule has 0 saturated heterocycles. The van der Waals surface area contributed by atoms with Crippen LogP contribution in [0.2, 0.25) is 5.02 Å². The number of hydrogen-bond acceptors (Lipinski definition) is 3. The van der Waals surface area contributed by atoms with E-state index < -0.39 is 0 Å². The van der Waals surface area contributed by atoms with Crippen molar-refractivity contribution in [3.8, 4) is 17.0 Å². The fraction of sp³-hybridized carbons (Fsp3) is 0.105. The average Bonchev–Trinajstić information content (AvgIpc) is 3.17. The first kappa shape index (κ1) is 15.2. The van der Waals surface area contributed by atoms with Gasteiger partial charge in [-0.1, -0.05) is 23.7 Å². The van der Waals surface area contributed by atoms with Crippen LogP contribution < -0.4 is 4.74 Å². The number of halogens is 1. The van der Waals surface area contributed by atoms with Crippen LogP contribution in [0.5, 0.6) is 5.75 Å². The van der Waals surface area contributed by atoms with Gasteiger partial charge < -0.3 is 4.74 Å². The molecule has 0 aliphatic carbocycles. The summed E-state index contributed by atoms with van der Waals surface area (Å²) in [5.41, 5.74) is 4.27. The molecule has 4 rings (SSSR count). The Labute approximate surface area is 149 Å². The summed E-state index contributed by atoms with van der Waals surface area (Å²) in [6, 6.07) is 13.9. The molecular formula is C19H15ClN2OS. The van der Waals surface area contributed by atoms with E-state index in [9.17, 15) is 0 Å². The fourth-order valence-corrected chi connectivity index (χ4v) is 3.40. The topological polar surface area (TPSA) is 26.5 Å². The molecule has 2 aromatic heterocycles. The minimum absolute atomic E-state index is 0.525. The van der Waals surface area contributed by atoms with Crippen LogP contribution >= 0.6 is 22.9 Å². The second kappa shape index (κ2) is 6.30. The lowest BCUT2D eigenvalue weighted by molar-refractivity contribution is 0.304. The van der Waals surface area contributed by atoms with Crippen molar-refractivity contribution < 1.29 is 4.74 Å². The standard InChI is InChI=1S/C19H15ClN2OS/c1-13-10-15(17-11-22-8-9-24-19(22)21-17)4-7-18(13)23-12-14-2-5-16(20)6-3-14/h2-11H,12H2,1H3. The molecule has 0 spiro atoms. The Kier molecular flexibility index (Phi) is 4.00. The molecule has 120 valence electrons. The van der Waals surface area contributed by atoms with Crippen molar-refractivity contribution in [3.63, 3.8) is 0 Å². The summed E-state index contributed by atoms with van der Waals surface area (Å²) in [5, 5.41) is 2.77. The Balaban J connectivity index is 1.53. The lowest BCUT2D eigenvalue weighted by atomic mass is 10.1. The molecule has 24 heavy (non-hydrogen) atoms. The SMILES string of the molecule is Cc1cc(-c2cn3ccsc3n2)ccc1OCc1ccc(Cl)cc1. The van der Waals surface area contributed by atoms with Crippen molar-refractivity contribution in [1.82, 2.24) is 9.38 Å². The molecule has 0 radical (unpaired) electrons. The van der Waals surface area contributed by atoms with Gasteiger partial charge in [-0.3, -0.25) is 4.40 Å². The maximum atomic E-state index is 5.93. The number of fused-ring (bicyclic) bond motifs is 1. The van der Waals surface area contributed by atoms with Crippen molar-refractivity contribution in [2.75, 3.05) is 0 Å². The number of imidazole rings is 1. The van der Waals surface area contributed by atoms with Gasteiger partial charge >= 0.3 is 0 Å². The Morgan fingerprint density at radius 1 is 1.17 bits per heavy atom. The van der Waals surface area contributed by atoms with Crippen molar-refractivity contribution in [2.24, 2.45) is 0 Å². The van der Waals surface area contributed by atoms with Gasteiger partial charge in [-0.2, -0.15) is 0 Å². The highest BCUT2D eigenvalue weighted by molar-refractivity contribution is 7.15. The normalized spacial score (nSPS) is 11.1. The molecule has 0 amide bonds. The quantitative estimate of drug-likeness (QED) is 0.476. The minimum atomic E-state index is 0.525. The summed E-state index contributed by atoms with van der Waals surface area (Å²) in [5.74, 6) is 0.884. The number of hydrogen-bond donors (Lipinski definition) is 0. The van der Waals surface area contributed by atoms with Crippen LogP contribution in [0.3, 0.4) is 0 Å². The monoisotopic (exact) mass is 354 g/mol. The number of aromatic nitrogens is 2. The van der Waals surface area contributed by atoms with Gasteiger partial charge in [0.2, 0.25) is 0 Å². The Bertz CT molecular complexity index is 960. The van der Waals surface area contributed by atoms with Crippen LogP contribution in [0.1, 0.15) is 11.1 Å². The van der Waals surface area contributed by atoms with Gasteiger partial charge in [0.1, 0.15) is 12.4 Å². The van der Waals surface area contributed by atoms with Gasteiger partial charge in [0.25, 0.3) is 0 Å². The Morgan fingerprint density at radius 2 is 2.00 bits per heavy atom. The van der Waals surface area contributed by atoms with E-state index in [2.05, 4.69) is 30.2 Å². The zero-order chi connectivity index (χ0) is 16.5. The zero-order valence-electron chi connectivity index (χ0n) is 13.1. The summed E-state index contributed by atoms with van der Waals surface area (Å²) >= 11 is 7.54. The third-order valence-electron chi connectivity index (χ3n) is 3.87. The van der Waals surface area contributed by atoms with E-state index in [4.69, 9.17) is 16.3 Å². The molecule has 2 heterocycles. The number of nitrogens with zero attached hydrogens (tertiary/aromatic N) is 2. The van der Waals surface area contributed by atoms with Crippen LogP contribution in [-0.4, -0.2) is 9.38 Å². The summed E-state index contributed by atoms with van der Waals surface area (Å²) in [6.07, 6.45) is 4.07. The third kappa shape index (κ3) is 3.03. The maximum Gasteiger partial charge on any atom is 0.194 e. The minimum Gasteiger partial charge on any atom is -0.489 e. The van der Waals surface area contributed by atoms with Crippen molar-refractivity contribution in [3.05, 3.63) is 76.4 Å². The molecule has 0 saturated carbocycles. The summed E-state index contributed by atoms with van der Waals surface area (Å²) in [6.45, 7) is 2.58. The molecule has 0 aliphatic rings. The van der Waals surface area contributed by atoms with Crippen molar-refractivity contribution in [2.45, 2.75) is 13.5 Å². The van der Waals surface area contributed by atoms with Gasteiger partial charge in [-0.25, -0.2) is 4.98 Å². The van der Waals surface area contributed by atoms with E-state index in [0.29, 0.717) is 6.61 Å². The number of ether oxygens (including phenoxy) is 1. The lowest BCUT2D eigenvalue weighted by Gasteiger charge is -2.10. The molecule has 0 unspecified atom stereocenters. The first-order chi connectivity index (χ1) is 11.7. The Morgan fingerprint density at radius 3 is 2.75 bits per heavy atom. The lowest BCUT2D eigenvalue weighted by Crippen LogP contribution is -1.97. The van der Waals surface area contributed by atoms with E-state index in [0.717, 1.165) is 38.1 Å². The summed E-state index contributed by atoms with van der Waals surface area (Å²) in [7, 11) is 0. The van der Waals surface area contributed by atoms with E-state index in [1.165, 1.54) is 0 Å². The van der Waals surface area contributed by atoms with Gasteiger partial charge in [0.05, 0.1) is 5.69 Å². The van der Waals surface area contributed by atoms with Crippen molar-refractivity contribution in [1.29, 1.82) is 0 Å². The van der Waals surface area contributed by atoms with Crippen LogP contribution in [0, 0.1) is 6.92 Å². The molecule has 0 N–H and O–H groups in total. The highest BCUT2D eigenvalue weighted by atomic mass is 35.5. The predicted octanol–water partition coefficient (Wildman–Crippen LogP) is 5.60. The zero-order valence-corrected chi connectivity index (χ0v) is 14.6. The smallest absolute Gasteiger partial charge is 0.194 e. The first-order valence-corrected chi connectivity index (χ1v) is 8.85. The van der Waals surface area contributed by atoms with Gasteiger partial charge in [0.15, 0.2) is 4.96 Å². The molecule has 4 aromatic rings. The van der Waals surface area contributed by atoms with Crippen LogP contribution in [0.25, 0.3) is 16.2 Å². The van der Waals surface area contributed by atoms with E-state index in [1.807, 2.05) is 46.3 Å². The average molecular weight is 355 g/mol. The molecule has 0 bridgehead atoms. The van der Waals surface area contributed by atoms with E-state index in [1.54, 1.807) is 11.3 Å². The maximum absolute atomic E-state index is 5.93. The second-order valence-electron chi connectivity index (χ2n) is 5.61. The molecule has 3 nitrogen and oxygen atoms in total. The van der Waals surface area contributed by atoms with Crippen molar-refractivity contribution >= 4 is 27.9 Å². The predicted molar refractivity (Wildman–Crippen MR) is 99.0 cm³/mol. The largest absolute Gasteiger partial charge is 0.489 e. The first-order valence-electron chi connectivity index (χ1n) is 7.59. The molecule has 0 fully saturated rings. The summed E-state index contributed by atoms with van der Waals surface area (Å²) in [4.78, 5) is 5.65. The van der Waals surface area contributed by atoms with E-state index in [-0.39, 0.29) is 0 Å².